The fourth-order valence-corrected chi connectivity index (χ4v) is 1.46. The Labute approximate surface area is 69.3 Å². The molecule has 1 heterocycles. The highest BCUT2D eigenvalue weighted by Crippen LogP contribution is 2.13. The fourth-order valence-electron chi connectivity index (χ4n) is 0.454. The maximum atomic E-state index is 10.7. The molecule has 9 heavy (non-hydrogen) atoms. The average Bonchev–Trinajstić information content (AvgIpc) is 1.80. The number of nitrogens with zero attached hydrogens (tertiary/aromatic N) is 1. The Balaban J connectivity index is 2.87. The molecule has 0 amide bonds. The average molecular weight is 253 g/mol. The molecule has 2 nitrogen and oxygen atoms in total. The van der Waals surface area contributed by atoms with E-state index in [-0.39, 0.29) is 12.3 Å². The number of ketones is 1. The van der Waals surface area contributed by atoms with Crippen LogP contribution in [0.3, 0.4) is 0 Å². The molecule has 48 valence electrons. The Bertz CT molecular complexity index is 207. The number of carbonyl (C=O) groups is 1. The van der Waals surface area contributed by atoms with Gasteiger partial charge in [-0.05, 0) is 37.9 Å². The van der Waals surface area contributed by atoms with Crippen molar-refractivity contribution in [2.75, 3.05) is 6.54 Å². The van der Waals surface area contributed by atoms with Gasteiger partial charge in [0.15, 0.2) is 5.78 Å². The molecule has 0 atom stereocenters. The summed E-state index contributed by atoms with van der Waals surface area (Å²) in [6.07, 6.45) is 1.64. The van der Waals surface area contributed by atoms with Gasteiger partial charge in [0.1, 0.15) is 11.2 Å². The number of rotatable bonds is 0. The number of dihydropyridines is 1. The van der Waals surface area contributed by atoms with Gasteiger partial charge in [-0.3, -0.25) is 9.79 Å². The SMILES string of the molecule is O=C1CN=C(Br)C=C1Br. The first kappa shape index (κ1) is 7.15. The van der Waals surface area contributed by atoms with Gasteiger partial charge in [0, 0.05) is 0 Å². The highest BCUT2D eigenvalue weighted by molar-refractivity contribution is 9.18. The van der Waals surface area contributed by atoms with Gasteiger partial charge in [-0.2, -0.15) is 0 Å². The monoisotopic (exact) mass is 251 g/mol. The molecule has 0 N–H and O–H groups in total. The summed E-state index contributed by atoms with van der Waals surface area (Å²) < 4.78 is 1.30. The van der Waals surface area contributed by atoms with E-state index >= 15 is 0 Å². The first-order valence-electron chi connectivity index (χ1n) is 2.30. The Morgan fingerprint density at radius 1 is 1.56 bits per heavy atom. The van der Waals surface area contributed by atoms with E-state index in [1.165, 1.54) is 0 Å². The zero-order valence-corrected chi connectivity index (χ0v) is 7.57. The number of Topliss-reactive ketones (excluding diaryl/α,β-unsaturated/α-hetero) is 1. The van der Waals surface area contributed by atoms with Gasteiger partial charge in [0.05, 0.1) is 4.48 Å². The lowest BCUT2D eigenvalue weighted by molar-refractivity contribution is -0.113. The summed E-state index contributed by atoms with van der Waals surface area (Å²) in [6, 6.07) is 0. The highest BCUT2D eigenvalue weighted by Gasteiger charge is 2.09. The molecular weight excluding hydrogens is 250 g/mol. The molecule has 1 rings (SSSR count). The van der Waals surface area contributed by atoms with Crippen LogP contribution in [-0.4, -0.2) is 16.9 Å². The van der Waals surface area contributed by atoms with E-state index in [0.29, 0.717) is 9.10 Å². The van der Waals surface area contributed by atoms with Crippen molar-refractivity contribution in [3.63, 3.8) is 0 Å². The van der Waals surface area contributed by atoms with E-state index in [1.54, 1.807) is 6.08 Å². The lowest BCUT2D eigenvalue weighted by Gasteiger charge is -2.00. The molecule has 0 bridgehead atoms. The minimum Gasteiger partial charge on any atom is -0.291 e. The molecule has 0 fully saturated rings. The van der Waals surface area contributed by atoms with Crippen molar-refractivity contribution < 1.29 is 4.79 Å². The van der Waals surface area contributed by atoms with Crippen LogP contribution in [0.1, 0.15) is 0 Å². The quantitative estimate of drug-likeness (QED) is 0.645. The third-order valence-corrected chi connectivity index (χ3v) is 2.04. The summed E-state index contributed by atoms with van der Waals surface area (Å²) in [4.78, 5) is 14.5. The van der Waals surface area contributed by atoms with Crippen molar-refractivity contribution in [3.8, 4) is 0 Å². The number of allylic oxidation sites excluding steroid dienone is 1. The topological polar surface area (TPSA) is 29.4 Å². The molecule has 0 aromatic heterocycles. The van der Waals surface area contributed by atoms with E-state index in [4.69, 9.17) is 0 Å². The van der Waals surface area contributed by atoms with E-state index in [1.807, 2.05) is 0 Å². The minimum absolute atomic E-state index is 0.0261. The lowest BCUT2D eigenvalue weighted by atomic mass is 10.3. The Morgan fingerprint density at radius 2 is 2.22 bits per heavy atom. The lowest BCUT2D eigenvalue weighted by Crippen LogP contribution is -2.08. The second-order valence-electron chi connectivity index (χ2n) is 1.55. The molecule has 0 radical (unpaired) electrons. The van der Waals surface area contributed by atoms with Gasteiger partial charge in [-0.1, -0.05) is 0 Å². The van der Waals surface area contributed by atoms with Crippen molar-refractivity contribution in [1.82, 2.24) is 0 Å². The molecular formula is C5H3Br2NO. The van der Waals surface area contributed by atoms with Gasteiger partial charge < -0.3 is 0 Å². The number of hydrogen-bond donors (Lipinski definition) is 0. The molecule has 4 heteroatoms. The summed E-state index contributed by atoms with van der Waals surface area (Å²) in [6.45, 7) is 0.248. The summed E-state index contributed by atoms with van der Waals surface area (Å²) >= 11 is 6.24. The van der Waals surface area contributed by atoms with Gasteiger partial charge in [0.2, 0.25) is 0 Å². The number of carbonyl (C=O) groups excluding carboxylic acids is 1. The van der Waals surface area contributed by atoms with Gasteiger partial charge in [0.25, 0.3) is 0 Å². The second-order valence-corrected chi connectivity index (χ2v) is 3.22. The summed E-state index contributed by atoms with van der Waals surface area (Å²) in [7, 11) is 0. The van der Waals surface area contributed by atoms with E-state index in [9.17, 15) is 4.79 Å². The number of hydrogen-bond acceptors (Lipinski definition) is 2. The Hall–Kier alpha value is 0.0400. The molecule has 0 saturated heterocycles. The van der Waals surface area contributed by atoms with Crippen LogP contribution in [0, 0.1) is 0 Å². The minimum atomic E-state index is 0.0261. The number of aliphatic imine (C=N–C) groups is 1. The summed E-state index contributed by atoms with van der Waals surface area (Å²) in [5.74, 6) is 0.0261. The molecule has 0 aromatic rings. The first-order valence-corrected chi connectivity index (χ1v) is 3.89. The molecule has 0 unspecified atom stereocenters. The van der Waals surface area contributed by atoms with E-state index in [0.717, 1.165) is 0 Å². The van der Waals surface area contributed by atoms with Crippen LogP contribution in [0.25, 0.3) is 0 Å². The molecule has 0 spiro atoms. The maximum Gasteiger partial charge on any atom is 0.191 e. The van der Waals surface area contributed by atoms with Crippen molar-refractivity contribution >= 4 is 42.3 Å². The molecule has 0 aromatic carbocycles. The summed E-state index contributed by atoms with van der Waals surface area (Å²) in [5, 5.41) is 0. The largest absolute Gasteiger partial charge is 0.291 e. The Kier molecular flexibility index (Phi) is 2.18. The van der Waals surface area contributed by atoms with Crippen LogP contribution in [0.4, 0.5) is 0 Å². The number of halogens is 2. The van der Waals surface area contributed by atoms with Crippen LogP contribution in [-0.2, 0) is 4.79 Å². The smallest absolute Gasteiger partial charge is 0.191 e. The molecule has 0 saturated carbocycles. The predicted molar refractivity (Wildman–Crippen MR) is 43.2 cm³/mol. The van der Waals surface area contributed by atoms with Gasteiger partial charge in [-0.25, -0.2) is 0 Å². The van der Waals surface area contributed by atoms with Crippen LogP contribution >= 0.6 is 31.9 Å². The van der Waals surface area contributed by atoms with Crippen molar-refractivity contribution in [2.45, 2.75) is 0 Å². The van der Waals surface area contributed by atoms with Gasteiger partial charge >= 0.3 is 0 Å². The normalized spacial score (nSPS) is 19.1. The third kappa shape index (κ3) is 1.72. The fraction of sp³-hybridized carbons (Fsp3) is 0.200. The Morgan fingerprint density at radius 3 is 2.67 bits per heavy atom. The van der Waals surface area contributed by atoms with Crippen molar-refractivity contribution in [3.05, 3.63) is 10.6 Å². The predicted octanol–water partition coefficient (Wildman–Crippen LogP) is 1.64. The van der Waals surface area contributed by atoms with E-state index in [2.05, 4.69) is 36.9 Å². The second kappa shape index (κ2) is 2.75. The first-order chi connectivity index (χ1) is 4.20. The highest BCUT2D eigenvalue weighted by atomic mass is 79.9. The maximum absolute atomic E-state index is 10.7. The van der Waals surface area contributed by atoms with Crippen LogP contribution < -0.4 is 0 Å². The van der Waals surface area contributed by atoms with Crippen LogP contribution in [0.2, 0.25) is 0 Å². The summed E-state index contributed by atoms with van der Waals surface area (Å²) in [5.41, 5.74) is 0. The zero-order chi connectivity index (χ0) is 6.85. The molecule has 1 aliphatic rings. The zero-order valence-electron chi connectivity index (χ0n) is 4.40. The third-order valence-electron chi connectivity index (χ3n) is 0.886. The van der Waals surface area contributed by atoms with Crippen LogP contribution in [0.15, 0.2) is 15.6 Å². The van der Waals surface area contributed by atoms with Crippen LogP contribution in [0.5, 0.6) is 0 Å². The van der Waals surface area contributed by atoms with E-state index < -0.39 is 0 Å². The van der Waals surface area contributed by atoms with Crippen molar-refractivity contribution in [2.24, 2.45) is 4.99 Å². The molecule has 1 aliphatic heterocycles. The molecule has 0 aliphatic carbocycles. The van der Waals surface area contributed by atoms with Gasteiger partial charge in [-0.15, -0.1) is 0 Å². The standard InChI is InChI=1S/C5H3Br2NO/c6-3-1-5(7)8-2-4(3)9/h1H,2H2. The van der Waals surface area contributed by atoms with Crippen molar-refractivity contribution in [1.29, 1.82) is 0 Å².